The number of methoxy groups -OCH3 is 1. The summed E-state index contributed by atoms with van der Waals surface area (Å²) >= 11 is 0. The molecule has 1 aliphatic carbocycles. The SMILES string of the molecule is COC1(C(=O)c2cnc3ccccc3c2)CCCC(C)C1. The molecule has 3 rings (SSSR count). The number of carbonyl (C=O) groups excluding carboxylic acids is 1. The first-order valence-corrected chi connectivity index (χ1v) is 7.59. The van der Waals surface area contributed by atoms with E-state index in [9.17, 15) is 4.79 Å². The maximum absolute atomic E-state index is 13.0. The summed E-state index contributed by atoms with van der Waals surface area (Å²) in [5.74, 6) is 0.603. The third-order valence-electron chi connectivity index (χ3n) is 4.61. The molecule has 0 radical (unpaired) electrons. The van der Waals surface area contributed by atoms with Crippen molar-refractivity contribution in [3.8, 4) is 0 Å². The molecular formula is C18H21NO2. The van der Waals surface area contributed by atoms with E-state index in [1.54, 1.807) is 13.3 Å². The number of hydrogen-bond acceptors (Lipinski definition) is 3. The molecule has 1 aliphatic rings. The van der Waals surface area contributed by atoms with Gasteiger partial charge in [0.05, 0.1) is 5.52 Å². The molecule has 1 aromatic heterocycles. The van der Waals surface area contributed by atoms with Gasteiger partial charge < -0.3 is 4.74 Å². The summed E-state index contributed by atoms with van der Waals surface area (Å²) in [6, 6.07) is 9.80. The predicted molar refractivity (Wildman–Crippen MR) is 83.4 cm³/mol. The largest absolute Gasteiger partial charge is 0.370 e. The molecule has 2 unspecified atom stereocenters. The smallest absolute Gasteiger partial charge is 0.196 e. The van der Waals surface area contributed by atoms with Gasteiger partial charge in [0.2, 0.25) is 0 Å². The molecule has 2 atom stereocenters. The van der Waals surface area contributed by atoms with Crippen LogP contribution in [0.15, 0.2) is 36.5 Å². The molecule has 0 amide bonds. The molecule has 1 heterocycles. The maximum Gasteiger partial charge on any atom is 0.196 e. The third kappa shape index (κ3) is 2.58. The summed E-state index contributed by atoms with van der Waals surface area (Å²) in [7, 11) is 1.66. The number of benzene rings is 1. The number of rotatable bonds is 3. The average Bonchev–Trinajstić information content (AvgIpc) is 2.53. The fourth-order valence-corrected chi connectivity index (χ4v) is 3.45. The summed E-state index contributed by atoms with van der Waals surface area (Å²) in [4.78, 5) is 17.4. The van der Waals surface area contributed by atoms with E-state index in [2.05, 4.69) is 11.9 Å². The molecule has 0 aliphatic heterocycles. The number of hydrogen-bond donors (Lipinski definition) is 0. The molecule has 0 saturated heterocycles. The molecule has 2 aromatic rings. The zero-order valence-electron chi connectivity index (χ0n) is 12.6. The minimum absolute atomic E-state index is 0.0785. The van der Waals surface area contributed by atoms with Gasteiger partial charge in [-0.2, -0.15) is 0 Å². The van der Waals surface area contributed by atoms with Gasteiger partial charge in [-0.25, -0.2) is 0 Å². The lowest BCUT2D eigenvalue weighted by molar-refractivity contribution is -0.0302. The Balaban J connectivity index is 1.98. The van der Waals surface area contributed by atoms with Crippen molar-refractivity contribution in [3.05, 3.63) is 42.1 Å². The fraction of sp³-hybridized carbons (Fsp3) is 0.444. The van der Waals surface area contributed by atoms with Crippen LogP contribution in [-0.4, -0.2) is 23.5 Å². The highest BCUT2D eigenvalue weighted by Crippen LogP contribution is 2.37. The van der Waals surface area contributed by atoms with E-state index in [0.717, 1.165) is 30.2 Å². The van der Waals surface area contributed by atoms with E-state index in [-0.39, 0.29) is 5.78 Å². The molecule has 110 valence electrons. The molecule has 3 heteroatoms. The molecule has 1 aromatic carbocycles. The molecule has 1 fully saturated rings. The Morgan fingerprint density at radius 1 is 1.38 bits per heavy atom. The number of carbonyl (C=O) groups is 1. The first-order chi connectivity index (χ1) is 10.1. The number of Topliss-reactive ketones (excluding diaryl/α,β-unsaturated/α-hetero) is 1. The van der Waals surface area contributed by atoms with Crippen molar-refractivity contribution in [2.24, 2.45) is 5.92 Å². The first-order valence-electron chi connectivity index (χ1n) is 7.59. The Labute approximate surface area is 125 Å². The number of ether oxygens (including phenoxy) is 1. The van der Waals surface area contributed by atoms with Gasteiger partial charge in [0, 0.05) is 24.3 Å². The number of fused-ring (bicyclic) bond motifs is 1. The fourth-order valence-electron chi connectivity index (χ4n) is 3.45. The minimum Gasteiger partial charge on any atom is -0.370 e. The van der Waals surface area contributed by atoms with Crippen molar-refractivity contribution in [1.29, 1.82) is 0 Å². The van der Waals surface area contributed by atoms with Crippen molar-refractivity contribution in [1.82, 2.24) is 4.98 Å². The van der Waals surface area contributed by atoms with Crippen LogP contribution < -0.4 is 0 Å². The summed E-state index contributed by atoms with van der Waals surface area (Å²) < 4.78 is 5.70. The Bertz CT molecular complexity index is 667. The normalized spacial score (nSPS) is 25.9. The topological polar surface area (TPSA) is 39.2 Å². The lowest BCUT2D eigenvalue weighted by Gasteiger charge is -2.37. The minimum atomic E-state index is -0.665. The highest BCUT2D eigenvalue weighted by Gasteiger charge is 2.42. The summed E-state index contributed by atoms with van der Waals surface area (Å²) in [6.45, 7) is 2.19. The first kappa shape index (κ1) is 14.2. The van der Waals surface area contributed by atoms with Gasteiger partial charge >= 0.3 is 0 Å². The Kier molecular flexibility index (Phi) is 3.77. The summed E-state index contributed by atoms with van der Waals surface area (Å²) in [5.41, 5.74) is 0.907. The van der Waals surface area contributed by atoms with E-state index >= 15 is 0 Å². The van der Waals surface area contributed by atoms with E-state index in [1.165, 1.54) is 6.42 Å². The Morgan fingerprint density at radius 2 is 2.19 bits per heavy atom. The highest BCUT2D eigenvalue weighted by atomic mass is 16.5. The molecule has 21 heavy (non-hydrogen) atoms. The van der Waals surface area contributed by atoms with Crippen LogP contribution in [0.25, 0.3) is 10.9 Å². The van der Waals surface area contributed by atoms with Crippen LogP contribution in [-0.2, 0) is 4.74 Å². The van der Waals surface area contributed by atoms with Crippen LogP contribution in [0.3, 0.4) is 0 Å². The highest BCUT2D eigenvalue weighted by molar-refractivity contribution is 6.04. The maximum atomic E-state index is 13.0. The van der Waals surface area contributed by atoms with Crippen LogP contribution in [0.5, 0.6) is 0 Å². The van der Waals surface area contributed by atoms with Gasteiger partial charge in [-0.1, -0.05) is 31.5 Å². The average molecular weight is 283 g/mol. The number of ketones is 1. The van der Waals surface area contributed by atoms with Crippen molar-refractivity contribution in [2.45, 2.75) is 38.2 Å². The van der Waals surface area contributed by atoms with Gasteiger partial charge in [0.15, 0.2) is 5.78 Å². The molecule has 1 saturated carbocycles. The van der Waals surface area contributed by atoms with Gasteiger partial charge in [0.1, 0.15) is 5.60 Å². The molecule has 0 bridgehead atoms. The lowest BCUT2D eigenvalue weighted by Crippen LogP contribution is -2.44. The number of para-hydroxylation sites is 1. The van der Waals surface area contributed by atoms with Crippen molar-refractivity contribution in [2.75, 3.05) is 7.11 Å². The molecule has 0 spiro atoms. The lowest BCUT2D eigenvalue weighted by atomic mass is 9.75. The van der Waals surface area contributed by atoms with Crippen molar-refractivity contribution >= 4 is 16.7 Å². The third-order valence-corrected chi connectivity index (χ3v) is 4.61. The second kappa shape index (κ2) is 5.57. The summed E-state index contributed by atoms with van der Waals surface area (Å²) in [6.07, 6.45) is 5.51. The van der Waals surface area contributed by atoms with Gasteiger partial charge in [-0.3, -0.25) is 9.78 Å². The Morgan fingerprint density at radius 3 is 2.95 bits per heavy atom. The van der Waals surface area contributed by atoms with Crippen LogP contribution >= 0.6 is 0 Å². The van der Waals surface area contributed by atoms with Gasteiger partial charge in [-0.15, -0.1) is 0 Å². The molecular weight excluding hydrogens is 262 g/mol. The molecule has 3 nitrogen and oxygen atoms in total. The van der Waals surface area contributed by atoms with E-state index < -0.39 is 5.60 Å². The van der Waals surface area contributed by atoms with Crippen molar-refractivity contribution < 1.29 is 9.53 Å². The zero-order chi connectivity index (χ0) is 14.9. The van der Waals surface area contributed by atoms with E-state index in [4.69, 9.17) is 4.74 Å². The van der Waals surface area contributed by atoms with Gasteiger partial charge in [-0.05, 0) is 37.3 Å². The van der Waals surface area contributed by atoms with E-state index in [1.807, 2.05) is 30.3 Å². The zero-order valence-corrected chi connectivity index (χ0v) is 12.6. The Hall–Kier alpha value is -1.74. The van der Waals surface area contributed by atoms with Gasteiger partial charge in [0.25, 0.3) is 0 Å². The van der Waals surface area contributed by atoms with E-state index in [0.29, 0.717) is 11.5 Å². The number of nitrogens with zero attached hydrogens (tertiary/aromatic N) is 1. The van der Waals surface area contributed by atoms with Crippen molar-refractivity contribution in [3.63, 3.8) is 0 Å². The second-order valence-electron chi connectivity index (χ2n) is 6.15. The van der Waals surface area contributed by atoms with Crippen LogP contribution in [0.2, 0.25) is 0 Å². The summed E-state index contributed by atoms with van der Waals surface area (Å²) in [5, 5.41) is 0.999. The molecule has 0 N–H and O–H groups in total. The number of pyridine rings is 1. The second-order valence-corrected chi connectivity index (χ2v) is 6.15. The van der Waals surface area contributed by atoms with Crippen LogP contribution in [0.1, 0.15) is 43.0 Å². The monoisotopic (exact) mass is 283 g/mol. The standard InChI is InChI=1S/C18H21NO2/c1-13-6-5-9-18(11-13,21-2)17(20)15-10-14-7-3-4-8-16(14)19-12-15/h3-4,7-8,10,12-13H,5-6,9,11H2,1-2H3. The van der Waals surface area contributed by atoms with Crippen LogP contribution in [0, 0.1) is 5.92 Å². The predicted octanol–water partition coefficient (Wildman–Crippen LogP) is 4.01. The number of aromatic nitrogens is 1. The van der Waals surface area contributed by atoms with Crippen LogP contribution in [0.4, 0.5) is 0 Å². The quantitative estimate of drug-likeness (QED) is 0.799.